The Morgan fingerprint density at radius 2 is 1.96 bits per heavy atom. The number of non-ortho nitro benzene ring substituents is 1. The summed E-state index contributed by atoms with van der Waals surface area (Å²) in [7, 11) is 0. The Kier molecular flexibility index (Phi) is 3.92. The zero-order chi connectivity index (χ0) is 19.3. The molecule has 1 atom stereocenters. The van der Waals surface area contributed by atoms with Gasteiger partial charge in [-0.15, -0.1) is 0 Å². The summed E-state index contributed by atoms with van der Waals surface area (Å²) in [5.41, 5.74) is 2.65. The van der Waals surface area contributed by atoms with Crippen molar-refractivity contribution in [2.45, 2.75) is 50.5 Å². The molecule has 142 valence electrons. The van der Waals surface area contributed by atoms with E-state index in [1.807, 2.05) is 10.9 Å². The highest BCUT2D eigenvalue weighted by Crippen LogP contribution is 2.39. The van der Waals surface area contributed by atoms with Crippen molar-refractivity contribution in [2.24, 2.45) is 0 Å². The van der Waals surface area contributed by atoms with Gasteiger partial charge in [-0.05, 0) is 24.0 Å². The summed E-state index contributed by atoms with van der Waals surface area (Å²) < 4.78 is 1.97. The van der Waals surface area contributed by atoms with Crippen molar-refractivity contribution in [3.8, 4) is 0 Å². The normalized spacial score (nSPS) is 19.9. The number of carbonyl (C=O) groups is 1. The van der Waals surface area contributed by atoms with E-state index in [0.29, 0.717) is 22.9 Å². The van der Waals surface area contributed by atoms with Crippen molar-refractivity contribution >= 4 is 22.5 Å². The van der Waals surface area contributed by atoms with Gasteiger partial charge in [-0.2, -0.15) is 5.10 Å². The predicted octanol–water partition coefficient (Wildman–Crippen LogP) is 3.50. The van der Waals surface area contributed by atoms with Crippen LogP contribution in [0.1, 0.15) is 60.9 Å². The van der Waals surface area contributed by atoms with Gasteiger partial charge in [0.2, 0.25) is 0 Å². The Labute approximate surface area is 160 Å². The first kappa shape index (κ1) is 17.0. The van der Waals surface area contributed by atoms with Crippen LogP contribution in [0.2, 0.25) is 0 Å². The summed E-state index contributed by atoms with van der Waals surface area (Å²) in [5.74, 6) is -0.606. The van der Waals surface area contributed by atoms with Crippen molar-refractivity contribution in [3.63, 3.8) is 0 Å². The molecule has 0 radical (unpaired) electrons. The van der Waals surface area contributed by atoms with E-state index >= 15 is 0 Å². The minimum atomic E-state index is -0.607. The van der Waals surface area contributed by atoms with E-state index in [-0.39, 0.29) is 17.9 Å². The highest BCUT2D eigenvalue weighted by molar-refractivity contribution is 5.98. The maximum atomic E-state index is 12.8. The maximum absolute atomic E-state index is 12.8. The Morgan fingerprint density at radius 1 is 1.14 bits per heavy atom. The van der Waals surface area contributed by atoms with Crippen molar-refractivity contribution < 1.29 is 9.72 Å². The first-order valence-corrected chi connectivity index (χ1v) is 9.61. The molecule has 8 heteroatoms. The van der Waals surface area contributed by atoms with Gasteiger partial charge in [-0.1, -0.05) is 25.3 Å². The molecule has 3 aromatic rings. The van der Waals surface area contributed by atoms with Crippen LogP contribution in [0.3, 0.4) is 0 Å². The molecule has 1 saturated carbocycles. The maximum Gasteiger partial charge on any atom is 0.269 e. The number of benzene rings is 1. The van der Waals surface area contributed by atoms with Gasteiger partial charge in [0.05, 0.1) is 28.0 Å². The molecular formula is C20H19N5O3. The van der Waals surface area contributed by atoms with Crippen LogP contribution in [0.25, 0.3) is 11.0 Å². The van der Waals surface area contributed by atoms with Gasteiger partial charge >= 0.3 is 0 Å². The van der Waals surface area contributed by atoms with Gasteiger partial charge in [-0.3, -0.25) is 19.6 Å². The first-order chi connectivity index (χ1) is 13.6. The first-order valence-electron chi connectivity index (χ1n) is 9.61. The molecule has 0 spiro atoms. The molecule has 8 nitrogen and oxygen atoms in total. The molecule has 1 unspecified atom stereocenters. The van der Waals surface area contributed by atoms with Crippen LogP contribution in [-0.2, 0) is 11.2 Å². The summed E-state index contributed by atoms with van der Waals surface area (Å²) in [5, 5.41) is 16.6. The molecule has 2 aliphatic rings. The number of nitrogens with zero attached hydrogens (tertiary/aromatic N) is 5. The lowest BCUT2D eigenvalue weighted by atomic mass is 9.94. The summed E-state index contributed by atoms with van der Waals surface area (Å²) in [6, 6.07) is 4.98. The molecule has 0 saturated heterocycles. The molecule has 0 amide bonds. The van der Waals surface area contributed by atoms with Gasteiger partial charge in [0.25, 0.3) is 5.69 Å². The van der Waals surface area contributed by atoms with Crippen LogP contribution in [0, 0.1) is 10.1 Å². The van der Waals surface area contributed by atoms with Crippen molar-refractivity contribution in [1.29, 1.82) is 0 Å². The molecule has 2 heterocycles. The number of hydrogen-bond donors (Lipinski definition) is 0. The van der Waals surface area contributed by atoms with Crippen molar-refractivity contribution in [1.82, 2.24) is 19.7 Å². The number of hydrogen-bond acceptors (Lipinski definition) is 6. The zero-order valence-corrected chi connectivity index (χ0v) is 15.2. The minimum Gasteiger partial charge on any atom is -0.298 e. The van der Waals surface area contributed by atoms with Gasteiger partial charge in [0.15, 0.2) is 11.4 Å². The second-order valence-corrected chi connectivity index (χ2v) is 7.61. The highest BCUT2D eigenvalue weighted by atomic mass is 16.6. The Hall–Kier alpha value is -3.16. The van der Waals surface area contributed by atoms with E-state index in [1.165, 1.54) is 37.7 Å². The fourth-order valence-corrected chi connectivity index (χ4v) is 4.52. The topological polar surface area (TPSA) is 104 Å². The van der Waals surface area contributed by atoms with Crippen LogP contribution in [0.15, 0.2) is 30.7 Å². The van der Waals surface area contributed by atoms with Crippen LogP contribution >= 0.6 is 0 Å². The molecule has 28 heavy (non-hydrogen) atoms. The molecule has 2 aliphatic carbocycles. The molecule has 1 aromatic carbocycles. The average molecular weight is 377 g/mol. The zero-order valence-electron chi connectivity index (χ0n) is 15.2. The van der Waals surface area contributed by atoms with Gasteiger partial charge in [0.1, 0.15) is 6.33 Å². The lowest BCUT2D eigenvalue weighted by Crippen LogP contribution is -2.13. The van der Waals surface area contributed by atoms with E-state index in [4.69, 9.17) is 0 Å². The lowest BCUT2D eigenvalue weighted by molar-refractivity contribution is -0.384. The Balaban J connectivity index is 1.62. The average Bonchev–Trinajstić information content (AvgIpc) is 3.28. The summed E-state index contributed by atoms with van der Waals surface area (Å²) in [6.45, 7) is 0. The minimum absolute atomic E-state index is 0.000847. The third kappa shape index (κ3) is 2.67. The van der Waals surface area contributed by atoms with Gasteiger partial charge in [-0.25, -0.2) is 9.97 Å². The molecule has 1 fully saturated rings. The second-order valence-electron chi connectivity index (χ2n) is 7.61. The van der Waals surface area contributed by atoms with Crippen LogP contribution < -0.4 is 0 Å². The number of carbonyl (C=O) groups excluding carboxylic acids is 1. The molecule has 0 bridgehead atoms. The van der Waals surface area contributed by atoms with Crippen LogP contribution in [0.5, 0.6) is 0 Å². The number of rotatable bonds is 3. The Bertz CT molecular complexity index is 1100. The number of fused-ring (bicyclic) bond motifs is 2. The van der Waals surface area contributed by atoms with Gasteiger partial charge in [0, 0.05) is 24.8 Å². The summed E-state index contributed by atoms with van der Waals surface area (Å²) in [6.07, 6.45) is 9.47. The van der Waals surface area contributed by atoms with Crippen molar-refractivity contribution in [2.75, 3.05) is 0 Å². The predicted molar refractivity (Wildman–Crippen MR) is 101 cm³/mol. The third-order valence-electron chi connectivity index (χ3n) is 5.93. The monoisotopic (exact) mass is 377 g/mol. The Morgan fingerprint density at radius 3 is 2.75 bits per heavy atom. The van der Waals surface area contributed by atoms with E-state index in [0.717, 1.165) is 23.8 Å². The SMILES string of the molecule is O=C1Cc2ccc([N+](=O)[O-])cc2C1c1ncnc2nn(C3CCCCC3)cc12. The fourth-order valence-electron chi connectivity index (χ4n) is 4.52. The van der Waals surface area contributed by atoms with Crippen molar-refractivity contribution in [3.05, 3.63) is 57.7 Å². The summed E-state index contributed by atoms with van der Waals surface area (Å²) >= 11 is 0. The van der Waals surface area contributed by atoms with Crippen LogP contribution in [-0.4, -0.2) is 30.5 Å². The van der Waals surface area contributed by atoms with Crippen LogP contribution in [0.4, 0.5) is 5.69 Å². The molecule has 2 aromatic heterocycles. The summed E-state index contributed by atoms with van der Waals surface area (Å²) in [4.78, 5) is 32.3. The quantitative estimate of drug-likeness (QED) is 0.511. The van der Waals surface area contributed by atoms with E-state index < -0.39 is 10.8 Å². The smallest absolute Gasteiger partial charge is 0.269 e. The number of nitro benzene ring substituents is 1. The largest absolute Gasteiger partial charge is 0.298 e. The number of ketones is 1. The van der Waals surface area contributed by atoms with Gasteiger partial charge < -0.3 is 0 Å². The standard InChI is InChI=1S/C20H19N5O3/c26-17-8-12-6-7-14(25(27)28)9-15(12)18(17)19-16-10-24(13-4-2-1-3-5-13)23-20(16)22-11-21-19/h6-7,9-11,13,18H,1-5,8H2. The second kappa shape index (κ2) is 6.47. The van der Waals surface area contributed by atoms with E-state index in [2.05, 4.69) is 15.1 Å². The molecular weight excluding hydrogens is 358 g/mol. The van der Waals surface area contributed by atoms with E-state index in [9.17, 15) is 14.9 Å². The fraction of sp³-hybridized carbons (Fsp3) is 0.400. The third-order valence-corrected chi connectivity index (χ3v) is 5.93. The lowest BCUT2D eigenvalue weighted by Gasteiger charge is -2.21. The number of aromatic nitrogens is 4. The molecule has 0 aliphatic heterocycles. The highest BCUT2D eigenvalue weighted by Gasteiger charge is 2.36. The number of nitro groups is 1. The molecule has 5 rings (SSSR count). The number of Topliss-reactive ketones (excluding diaryl/α,β-unsaturated/α-hetero) is 1. The van der Waals surface area contributed by atoms with E-state index in [1.54, 1.807) is 6.07 Å². The molecule has 0 N–H and O–H groups in total.